The van der Waals surface area contributed by atoms with Gasteiger partial charge in [0.1, 0.15) is 11.6 Å². The molecule has 33 heavy (non-hydrogen) atoms. The highest BCUT2D eigenvalue weighted by molar-refractivity contribution is 5.43. The summed E-state index contributed by atoms with van der Waals surface area (Å²) in [5, 5.41) is 15.3. The van der Waals surface area contributed by atoms with Gasteiger partial charge in [-0.3, -0.25) is 4.90 Å². The molecule has 7 heteroatoms. The normalized spacial score (nSPS) is 14.8. The maximum atomic E-state index is 13.8. The molecule has 0 saturated heterocycles. The van der Waals surface area contributed by atoms with E-state index in [0.29, 0.717) is 37.4 Å². The molecule has 0 amide bonds. The molecule has 1 fully saturated rings. The molecule has 1 aliphatic rings. The van der Waals surface area contributed by atoms with E-state index < -0.39 is 6.10 Å². The SMILES string of the molecule is Cc1nn(-c2ccccc2)c(Oc2cccc(F)c2)c1CN(C[C@@H](O)COC(C)C)C1CC1. The number of nitrogens with zero attached hydrogens (tertiary/aromatic N) is 3. The van der Waals surface area contributed by atoms with Gasteiger partial charge in [-0.1, -0.05) is 24.3 Å². The molecule has 1 aromatic heterocycles. The first-order valence-electron chi connectivity index (χ1n) is 11.5. The Hall–Kier alpha value is -2.74. The molecule has 0 bridgehead atoms. The van der Waals surface area contributed by atoms with Gasteiger partial charge in [-0.05, 0) is 57.9 Å². The molecular formula is C26H32FN3O3. The van der Waals surface area contributed by atoms with Crippen molar-refractivity contribution in [3.63, 3.8) is 0 Å². The van der Waals surface area contributed by atoms with Crippen LogP contribution in [0.1, 0.15) is 37.9 Å². The molecular weight excluding hydrogens is 421 g/mol. The molecule has 4 rings (SSSR count). The third-order valence-corrected chi connectivity index (χ3v) is 5.64. The van der Waals surface area contributed by atoms with Crippen LogP contribution < -0.4 is 4.74 Å². The number of aromatic nitrogens is 2. The molecule has 0 spiro atoms. The Balaban J connectivity index is 1.64. The lowest BCUT2D eigenvalue weighted by atomic mass is 10.2. The van der Waals surface area contributed by atoms with Crippen LogP contribution in [-0.4, -0.2) is 51.2 Å². The molecule has 1 heterocycles. The van der Waals surface area contributed by atoms with Crippen LogP contribution in [0.4, 0.5) is 4.39 Å². The second-order valence-corrected chi connectivity index (χ2v) is 8.87. The van der Waals surface area contributed by atoms with E-state index in [1.165, 1.54) is 12.1 Å². The van der Waals surface area contributed by atoms with Gasteiger partial charge in [-0.2, -0.15) is 5.10 Å². The van der Waals surface area contributed by atoms with Gasteiger partial charge in [0.25, 0.3) is 0 Å². The molecule has 176 valence electrons. The molecule has 0 radical (unpaired) electrons. The van der Waals surface area contributed by atoms with E-state index in [-0.39, 0.29) is 11.9 Å². The van der Waals surface area contributed by atoms with Crippen molar-refractivity contribution in [2.24, 2.45) is 0 Å². The number of hydrogen-bond acceptors (Lipinski definition) is 5. The fourth-order valence-corrected chi connectivity index (χ4v) is 3.82. The van der Waals surface area contributed by atoms with E-state index in [9.17, 15) is 9.50 Å². The van der Waals surface area contributed by atoms with Crippen molar-refractivity contribution in [1.82, 2.24) is 14.7 Å². The highest BCUT2D eigenvalue weighted by Gasteiger charge is 2.32. The van der Waals surface area contributed by atoms with Crippen molar-refractivity contribution in [1.29, 1.82) is 0 Å². The molecule has 1 saturated carbocycles. The van der Waals surface area contributed by atoms with E-state index in [1.54, 1.807) is 16.8 Å². The Morgan fingerprint density at radius 1 is 1.15 bits per heavy atom. The van der Waals surface area contributed by atoms with Crippen LogP contribution in [0, 0.1) is 12.7 Å². The first-order chi connectivity index (χ1) is 15.9. The van der Waals surface area contributed by atoms with E-state index in [2.05, 4.69) is 4.90 Å². The Morgan fingerprint density at radius 2 is 1.91 bits per heavy atom. The maximum absolute atomic E-state index is 13.8. The zero-order valence-electron chi connectivity index (χ0n) is 19.4. The molecule has 0 aliphatic heterocycles. The average Bonchev–Trinajstić information content (AvgIpc) is 3.59. The van der Waals surface area contributed by atoms with E-state index in [4.69, 9.17) is 14.6 Å². The molecule has 1 atom stereocenters. The van der Waals surface area contributed by atoms with Gasteiger partial charge in [0, 0.05) is 25.2 Å². The number of ether oxygens (including phenoxy) is 2. The molecule has 1 aliphatic carbocycles. The lowest BCUT2D eigenvalue weighted by molar-refractivity contribution is -0.0107. The first-order valence-corrected chi connectivity index (χ1v) is 11.5. The van der Waals surface area contributed by atoms with E-state index in [0.717, 1.165) is 29.8 Å². The van der Waals surface area contributed by atoms with Gasteiger partial charge in [0.2, 0.25) is 5.88 Å². The third-order valence-electron chi connectivity index (χ3n) is 5.64. The number of benzene rings is 2. The predicted octanol–water partition coefficient (Wildman–Crippen LogP) is 4.86. The second-order valence-electron chi connectivity index (χ2n) is 8.87. The minimum atomic E-state index is -0.579. The summed E-state index contributed by atoms with van der Waals surface area (Å²) in [6.45, 7) is 7.26. The highest BCUT2D eigenvalue weighted by Crippen LogP contribution is 2.35. The van der Waals surface area contributed by atoms with Crippen LogP contribution >= 0.6 is 0 Å². The van der Waals surface area contributed by atoms with Crippen molar-refractivity contribution in [2.45, 2.75) is 58.4 Å². The Labute approximate surface area is 194 Å². The highest BCUT2D eigenvalue weighted by atomic mass is 19.1. The summed E-state index contributed by atoms with van der Waals surface area (Å²) in [5.41, 5.74) is 2.62. The second kappa shape index (κ2) is 10.5. The van der Waals surface area contributed by atoms with Gasteiger partial charge < -0.3 is 14.6 Å². The maximum Gasteiger partial charge on any atom is 0.227 e. The molecule has 1 N–H and O–H groups in total. The summed E-state index contributed by atoms with van der Waals surface area (Å²) >= 11 is 0. The largest absolute Gasteiger partial charge is 0.438 e. The zero-order chi connectivity index (χ0) is 23.4. The number of halogens is 1. The minimum Gasteiger partial charge on any atom is -0.438 e. The summed E-state index contributed by atoms with van der Waals surface area (Å²) < 4.78 is 27.4. The van der Waals surface area contributed by atoms with Crippen LogP contribution in [0.25, 0.3) is 5.69 Å². The van der Waals surface area contributed by atoms with Crippen molar-refractivity contribution in [2.75, 3.05) is 13.2 Å². The van der Waals surface area contributed by atoms with E-state index in [1.807, 2.05) is 51.1 Å². The van der Waals surface area contributed by atoms with Gasteiger partial charge in [0.05, 0.1) is 35.8 Å². The van der Waals surface area contributed by atoms with Crippen molar-refractivity contribution < 1.29 is 19.0 Å². The number of para-hydroxylation sites is 1. The van der Waals surface area contributed by atoms with Crippen LogP contribution in [0.15, 0.2) is 54.6 Å². The quantitative estimate of drug-likeness (QED) is 0.449. The number of aliphatic hydroxyl groups excluding tert-OH is 1. The lowest BCUT2D eigenvalue weighted by Gasteiger charge is -2.25. The van der Waals surface area contributed by atoms with Crippen LogP contribution in [-0.2, 0) is 11.3 Å². The third kappa shape index (κ3) is 6.19. The van der Waals surface area contributed by atoms with Crippen LogP contribution in [0.2, 0.25) is 0 Å². The number of aryl methyl sites for hydroxylation is 1. The average molecular weight is 454 g/mol. The molecule has 0 unspecified atom stereocenters. The first kappa shape index (κ1) is 23.4. The van der Waals surface area contributed by atoms with Gasteiger partial charge in [-0.25, -0.2) is 9.07 Å². The van der Waals surface area contributed by atoms with Gasteiger partial charge in [-0.15, -0.1) is 0 Å². The Kier molecular flexibility index (Phi) is 7.42. The van der Waals surface area contributed by atoms with Gasteiger partial charge >= 0.3 is 0 Å². The lowest BCUT2D eigenvalue weighted by Crippen LogP contribution is -2.36. The summed E-state index contributed by atoms with van der Waals surface area (Å²) in [5.74, 6) is 0.615. The van der Waals surface area contributed by atoms with Crippen LogP contribution in [0.3, 0.4) is 0 Å². The molecule has 6 nitrogen and oxygen atoms in total. The monoisotopic (exact) mass is 453 g/mol. The summed E-state index contributed by atoms with van der Waals surface area (Å²) in [6.07, 6.45) is 1.70. The Morgan fingerprint density at radius 3 is 2.58 bits per heavy atom. The summed E-state index contributed by atoms with van der Waals surface area (Å²) in [6, 6.07) is 16.3. The number of rotatable bonds is 11. The number of aliphatic hydroxyl groups is 1. The fourth-order valence-electron chi connectivity index (χ4n) is 3.82. The molecule has 2 aromatic carbocycles. The predicted molar refractivity (Wildman–Crippen MR) is 125 cm³/mol. The minimum absolute atomic E-state index is 0.0756. The van der Waals surface area contributed by atoms with Crippen molar-refractivity contribution >= 4 is 0 Å². The molecule has 3 aromatic rings. The number of hydrogen-bond donors (Lipinski definition) is 1. The zero-order valence-corrected chi connectivity index (χ0v) is 19.4. The van der Waals surface area contributed by atoms with Gasteiger partial charge in [0.15, 0.2) is 0 Å². The van der Waals surface area contributed by atoms with Crippen molar-refractivity contribution in [3.8, 4) is 17.3 Å². The van der Waals surface area contributed by atoms with Crippen LogP contribution in [0.5, 0.6) is 11.6 Å². The summed E-state index contributed by atoms with van der Waals surface area (Å²) in [7, 11) is 0. The standard InChI is InChI=1S/C26H32FN3O3/c1-18(2)32-17-23(31)15-29(21-12-13-21)16-25-19(3)28-30(22-9-5-4-6-10-22)26(25)33-24-11-7-8-20(27)14-24/h4-11,14,18,21,23,31H,12-13,15-17H2,1-3H3/t23-/m1/s1. The topological polar surface area (TPSA) is 59.8 Å². The van der Waals surface area contributed by atoms with Crippen molar-refractivity contribution in [3.05, 3.63) is 71.7 Å². The summed E-state index contributed by atoms with van der Waals surface area (Å²) in [4.78, 5) is 2.27. The Bertz CT molecular complexity index is 1050. The fraction of sp³-hybridized carbons (Fsp3) is 0.423. The van der Waals surface area contributed by atoms with E-state index >= 15 is 0 Å². The smallest absolute Gasteiger partial charge is 0.227 e.